The first-order valence-corrected chi connectivity index (χ1v) is 21.6. The van der Waals surface area contributed by atoms with Gasteiger partial charge < -0.3 is 39.0 Å². The van der Waals surface area contributed by atoms with E-state index in [0.717, 1.165) is 12.5 Å². The standard InChI is InChI=1S/C21H25NO5S.C21H26O7S.Na.H2O/c1-15(14-25-21(2,3)4)26-18-10-16(13-22)11-19(12-18)27-17-6-8-20(9-7-17)28(5,23)24;1-14(13-26-21(2,3)4)27-17-10-15(20(22)23)11-18(12-17)28-16-6-8-19(9-7-16)29(5,24)25;;/h6-12,15H,14H2,1-5H3;6-12,14H,13H2,1-5H3,(H,22,23);;1H2/q;;+1;/p-1/t15-;14-;;/m00../s1. The Bertz CT molecular complexity index is 2240. The van der Waals surface area contributed by atoms with Gasteiger partial charge in [-0.25, -0.2) is 21.6 Å². The Balaban J connectivity index is 0.000000571. The first-order valence-electron chi connectivity index (χ1n) is 17.8. The number of hydrogen-bond acceptors (Lipinski definition) is 13. The van der Waals surface area contributed by atoms with Crippen molar-refractivity contribution in [3.63, 3.8) is 0 Å². The maximum Gasteiger partial charge on any atom is 1.00 e. The molecule has 0 fully saturated rings. The van der Waals surface area contributed by atoms with E-state index in [2.05, 4.69) is 6.07 Å². The molecule has 4 rings (SSSR count). The summed E-state index contributed by atoms with van der Waals surface area (Å²) in [5, 5.41) is 18.6. The van der Waals surface area contributed by atoms with Gasteiger partial charge >= 0.3 is 35.5 Å². The summed E-state index contributed by atoms with van der Waals surface area (Å²) in [6.07, 6.45) is 1.75. The maximum absolute atomic E-state index is 11.6. The number of ether oxygens (including phenoxy) is 6. The summed E-state index contributed by atoms with van der Waals surface area (Å²) < 4.78 is 80.7. The van der Waals surface area contributed by atoms with Crippen LogP contribution in [0.5, 0.6) is 34.5 Å². The van der Waals surface area contributed by atoms with E-state index in [-0.39, 0.29) is 79.5 Å². The van der Waals surface area contributed by atoms with Crippen LogP contribution in [0, 0.1) is 11.3 Å². The number of rotatable bonds is 15. The third kappa shape index (κ3) is 19.6. The summed E-state index contributed by atoms with van der Waals surface area (Å²) in [5.41, 5.74) is -0.177. The summed E-state index contributed by atoms with van der Waals surface area (Å²) in [6, 6.07) is 23.3. The quantitative estimate of drug-likeness (QED) is 0.150. The molecule has 0 unspecified atom stereocenters. The molecular formula is C42H52NNaO13S2. The third-order valence-corrected chi connectivity index (χ3v) is 9.54. The Morgan fingerprint density at radius 1 is 0.627 bits per heavy atom. The number of carboxylic acids is 1. The number of carbonyl (C=O) groups is 1. The minimum absolute atomic E-state index is 0. The minimum Gasteiger partial charge on any atom is -0.870 e. The molecule has 2 N–H and O–H groups in total. The van der Waals surface area contributed by atoms with E-state index in [4.69, 9.17) is 28.4 Å². The Kier molecular flexibility index (Phi) is 20.1. The molecule has 0 aromatic heterocycles. The fourth-order valence-corrected chi connectivity index (χ4v) is 5.90. The third-order valence-electron chi connectivity index (χ3n) is 7.29. The molecule has 0 heterocycles. The second-order valence-corrected chi connectivity index (χ2v) is 19.2. The van der Waals surface area contributed by atoms with Crippen molar-refractivity contribution in [1.29, 1.82) is 5.26 Å². The predicted octanol–water partition coefficient (Wildman–Crippen LogP) is 5.33. The van der Waals surface area contributed by atoms with Crippen molar-refractivity contribution in [2.75, 3.05) is 25.7 Å². The molecule has 0 aliphatic carbocycles. The van der Waals surface area contributed by atoms with Crippen molar-refractivity contribution < 1.29 is 90.2 Å². The average Bonchev–Trinajstić information content (AvgIpc) is 3.09. The molecule has 316 valence electrons. The number of sulfone groups is 2. The topological polar surface area (TPSA) is 215 Å². The monoisotopic (exact) mass is 865 g/mol. The molecular weight excluding hydrogens is 814 g/mol. The normalized spacial score (nSPS) is 12.5. The number of benzene rings is 4. The van der Waals surface area contributed by atoms with Crippen LogP contribution in [0.25, 0.3) is 0 Å². The van der Waals surface area contributed by atoms with Crippen molar-refractivity contribution in [3.05, 3.63) is 96.1 Å². The van der Waals surface area contributed by atoms with E-state index in [9.17, 15) is 32.0 Å². The number of carboxylic acid groups (broad SMARTS) is 1. The molecule has 0 bridgehead atoms. The van der Waals surface area contributed by atoms with Gasteiger partial charge in [0.1, 0.15) is 46.7 Å². The van der Waals surface area contributed by atoms with Gasteiger partial charge in [-0.15, -0.1) is 0 Å². The van der Waals surface area contributed by atoms with Gasteiger partial charge in [-0.2, -0.15) is 5.26 Å². The molecule has 4 aromatic carbocycles. The van der Waals surface area contributed by atoms with Crippen LogP contribution in [-0.2, 0) is 29.1 Å². The fraction of sp³-hybridized carbons (Fsp3) is 0.381. The maximum atomic E-state index is 11.6. The predicted molar refractivity (Wildman–Crippen MR) is 217 cm³/mol. The molecule has 0 aliphatic rings. The largest absolute Gasteiger partial charge is 1.00 e. The zero-order valence-corrected chi connectivity index (χ0v) is 38.9. The van der Waals surface area contributed by atoms with E-state index >= 15 is 0 Å². The Morgan fingerprint density at radius 3 is 1.31 bits per heavy atom. The molecule has 17 heteroatoms. The first-order chi connectivity index (χ1) is 26.3. The van der Waals surface area contributed by atoms with Gasteiger partial charge in [-0.05, 0) is 128 Å². The molecule has 0 saturated heterocycles. The molecule has 2 atom stereocenters. The van der Waals surface area contributed by atoms with Crippen molar-refractivity contribution in [2.24, 2.45) is 0 Å². The van der Waals surface area contributed by atoms with Crippen molar-refractivity contribution in [1.82, 2.24) is 0 Å². The fourth-order valence-electron chi connectivity index (χ4n) is 4.63. The van der Waals surface area contributed by atoms with Gasteiger partial charge in [0.25, 0.3) is 0 Å². The van der Waals surface area contributed by atoms with Gasteiger partial charge in [-0.1, -0.05) is 0 Å². The van der Waals surface area contributed by atoms with E-state index < -0.39 is 25.6 Å². The molecule has 0 saturated carbocycles. The van der Waals surface area contributed by atoms with Crippen molar-refractivity contribution >= 4 is 25.6 Å². The smallest absolute Gasteiger partial charge is 0.870 e. The summed E-state index contributed by atoms with van der Waals surface area (Å²) in [5.74, 6) is 1.21. The van der Waals surface area contributed by atoms with E-state index in [1.807, 2.05) is 55.4 Å². The van der Waals surface area contributed by atoms with Crippen molar-refractivity contribution in [3.8, 4) is 40.6 Å². The second kappa shape index (κ2) is 22.4. The molecule has 0 aliphatic heterocycles. The molecule has 0 radical (unpaired) electrons. The van der Waals surface area contributed by atoms with Crippen molar-refractivity contribution in [2.45, 2.75) is 88.6 Å². The van der Waals surface area contributed by atoms with Gasteiger partial charge in [0.05, 0.1) is 51.4 Å². The molecule has 4 aromatic rings. The average molecular weight is 866 g/mol. The minimum atomic E-state index is -3.31. The van der Waals surface area contributed by atoms with Gasteiger partial charge in [0.2, 0.25) is 0 Å². The summed E-state index contributed by atoms with van der Waals surface area (Å²) in [7, 11) is -6.58. The van der Waals surface area contributed by atoms with E-state index in [0.29, 0.717) is 47.5 Å². The SMILES string of the molecule is C[C@@H](COC(C)(C)C)Oc1cc(C#N)cc(Oc2ccc(S(C)(=O)=O)cc2)c1.C[C@@H](COC(C)(C)C)Oc1cc(Oc2ccc(S(C)(=O)=O)cc2)cc(C(=O)O)c1.[Na+].[OH-]. The van der Waals surface area contributed by atoms with Gasteiger partial charge in [-0.3, -0.25) is 0 Å². The van der Waals surface area contributed by atoms with Crippen LogP contribution in [-0.4, -0.2) is 82.5 Å². The van der Waals surface area contributed by atoms with Crippen LogP contribution in [0.2, 0.25) is 0 Å². The Hall–Kier alpha value is -4.18. The molecule has 0 amide bonds. The zero-order valence-electron chi connectivity index (χ0n) is 35.3. The molecule has 0 spiro atoms. The van der Waals surface area contributed by atoms with E-state index in [1.165, 1.54) is 48.5 Å². The number of aromatic carboxylic acids is 1. The number of nitriles is 1. The Morgan fingerprint density at radius 2 is 0.966 bits per heavy atom. The summed E-state index contributed by atoms with van der Waals surface area (Å²) in [4.78, 5) is 11.8. The van der Waals surface area contributed by atoms with Crippen LogP contribution in [0.3, 0.4) is 0 Å². The van der Waals surface area contributed by atoms with Crippen LogP contribution in [0.1, 0.15) is 71.3 Å². The Labute approximate surface area is 369 Å². The molecule has 14 nitrogen and oxygen atoms in total. The van der Waals surface area contributed by atoms with Crippen LogP contribution < -0.4 is 48.5 Å². The number of hydrogen-bond donors (Lipinski definition) is 1. The van der Waals surface area contributed by atoms with Gasteiger partial charge in [0, 0.05) is 24.6 Å². The van der Waals surface area contributed by atoms with Crippen LogP contribution in [0.15, 0.2) is 94.7 Å². The second-order valence-electron chi connectivity index (χ2n) is 15.2. The summed E-state index contributed by atoms with van der Waals surface area (Å²) >= 11 is 0. The summed E-state index contributed by atoms with van der Waals surface area (Å²) in [6.45, 7) is 16.2. The first kappa shape index (κ1) is 52.8. The van der Waals surface area contributed by atoms with Crippen LogP contribution in [0.4, 0.5) is 0 Å². The zero-order chi connectivity index (χ0) is 42.8. The van der Waals surface area contributed by atoms with Crippen LogP contribution >= 0.6 is 0 Å². The number of nitrogens with zero attached hydrogens (tertiary/aromatic N) is 1. The van der Waals surface area contributed by atoms with E-state index in [1.54, 1.807) is 36.4 Å². The molecule has 59 heavy (non-hydrogen) atoms. The van der Waals surface area contributed by atoms with Gasteiger partial charge in [0.15, 0.2) is 19.7 Å².